The van der Waals surface area contributed by atoms with Gasteiger partial charge in [-0.3, -0.25) is 9.78 Å². The number of fused-ring (bicyclic) bond motifs is 1. The van der Waals surface area contributed by atoms with E-state index in [0.717, 1.165) is 23.0 Å². The highest BCUT2D eigenvalue weighted by molar-refractivity contribution is 5.86. The van der Waals surface area contributed by atoms with E-state index < -0.39 is 5.97 Å². The quantitative estimate of drug-likeness (QED) is 0.381. The number of aliphatic carboxylic acids is 1. The first-order chi connectivity index (χ1) is 15.6. The zero-order valence-corrected chi connectivity index (χ0v) is 17.6. The molecule has 0 fully saturated rings. The van der Waals surface area contributed by atoms with Gasteiger partial charge in [0.2, 0.25) is 0 Å². The van der Waals surface area contributed by atoms with Gasteiger partial charge in [0.1, 0.15) is 11.5 Å². The molecule has 0 aliphatic rings. The van der Waals surface area contributed by atoms with Crippen LogP contribution in [0.3, 0.4) is 0 Å². The molecule has 3 aromatic heterocycles. The van der Waals surface area contributed by atoms with E-state index in [9.17, 15) is 4.79 Å². The molecule has 0 unspecified atom stereocenters. The summed E-state index contributed by atoms with van der Waals surface area (Å²) in [6.45, 7) is 2.35. The summed E-state index contributed by atoms with van der Waals surface area (Å²) in [5.74, 6) is 1.39. The molecule has 0 atom stereocenters. The Kier molecular flexibility index (Phi) is 6.50. The number of rotatable bonds is 9. The number of carbonyl (C=O) groups is 1. The monoisotopic (exact) mass is 430 g/mol. The molecule has 1 N–H and O–H groups in total. The molecule has 3 heterocycles. The lowest BCUT2D eigenvalue weighted by Crippen LogP contribution is -2.02. The van der Waals surface area contributed by atoms with Gasteiger partial charge in [-0.2, -0.15) is 0 Å². The smallest absolute Gasteiger partial charge is 0.303 e. The van der Waals surface area contributed by atoms with Crippen molar-refractivity contribution in [3.63, 3.8) is 0 Å². The fourth-order valence-corrected chi connectivity index (χ4v) is 3.16. The largest absolute Gasteiger partial charge is 0.494 e. The van der Waals surface area contributed by atoms with Gasteiger partial charge in [-0.25, -0.2) is 15.0 Å². The fourth-order valence-electron chi connectivity index (χ4n) is 3.16. The van der Waals surface area contributed by atoms with E-state index in [-0.39, 0.29) is 6.42 Å². The van der Waals surface area contributed by atoms with Crippen LogP contribution in [0.1, 0.15) is 25.5 Å². The number of carboxylic acid groups (broad SMARTS) is 1. The Bertz CT molecular complexity index is 1230. The summed E-state index contributed by atoms with van der Waals surface area (Å²) in [7, 11) is 0. The molecular formula is C24H22N4O4. The fraction of sp³-hybridized carbons (Fsp3) is 0.208. The number of nitrogens with zero attached hydrogens (tertiary/aromatic N) is 4. The second-order valence-corrected chi connectivity index (χ2v) is 7.01. The van der Waals surface area contributed by atoms with E-state index >= 15 is 0 Å². The molecule has 0 bridgehead atoms. The van der Waals surface area contributed by atoms with E-state index in [1.807, 2.05) is 31.2 Å². The number of aromatic nitrogens is 4. The van der Waals surface area contributed by atoms with Crippen molar-refractivity contribution in [2.45, 2.75) is 26.2 Å². The Balaban J connectivity index is 1.65. The van der Waals surface area contributed by atoms with Crippen LogP contribution in [0.25, 0.3) is 22.4 Å². The van der Waals surface area contributed by atoms with Crippen molar-refractivity contribution >= 4 is 16.9 Å². The van der Waals surface area contributed by atoms with Gasteiger partial charge >= 0.3 is 5.97 Å². The van der Waals surface area contributed by atoms with Crippen LogP contribution in [0.15, 0.2) is 61.1 Å². The van der Waals surface area contributed by atoms with Crippen LogP contribution in [-0.4, -0.2) is 37.6 Å². The van der Waals surface area contributed by atoms with Crippen molar-refractivity contribution in [1.29, 1.82) is 0 Å². The maximum Gasteiger partial charge on any atom is 0.303 e. The molecule has 4 aromatic rings. The minimum atomic E-state index is -0.840. The lowest BCUT2D eigenvalue weighted by molar-refractivity contribution is -0.137. The third-order valence-electron chi connectivity index (χ3n) is 4.75. The Morgan fingerprint density at radius 3 is 2.62 bits per heavy atom. The number of pyridine rings is 2. The summed E-state index contributed by atoms with van der Waals surface area (Å²) in [4.78, 5) is 28.4. The summed E-state index contributed by atoms with van der Waals surface area (Å²) in [6, 6.07) is 12.8. The molecule has 1 aromatic carbocycles. The number of hydrogen-bond donors (Lipinski definition) is 1. The maximum absolute atomic E-state index is 10.7. The first kappa shape index (κ1) is 21.2. The number of benzene rings is 1. The van der Waals surface area contributed by atoms with Crippen LogP contribution in [0, 0.1) is 0 Å². The summed E-state index contributed by atoms with van der Waals surface area (Å²) in [6.07, 6.45) is 6.29. The molecule has 0 saturated heterocycles. The first-order valence-electron chi connectivity index (χ1n) is 10.3. The van der Waals surface area contributed by atoms with E-state index in [1.165, 1.54) is 0 Å². The SMILES string of the molecule is CCc1ccc(Oc2ccnc3ccc(OCCCC(=O)O)cc23)c(-c2ncccn2)n1. The molecule has 0 saturated carbocycles. The summed E-state index contributed by atoms with van der Waals surface area (Å²) in [5.41, 5.74) is 2.23. The van der Waals surface area contributed by atoms with Crippen molar-refractivity contribution in [2.24, 2.45) is 0 Å². The molecule has 32 heavy (non-hydrogen) atoms. The van der Waals surface area contributed by atoms with Gasteiger partial charge in [0.25, 0.3) is 0 Å². The van der Waals surface area contributed by atoms with Crippen molar-refractivity contribution in [1.82, 2.24) is 19.9 Å². The topological polar surface area (TPSA) is 107 Å². The minimum absolute atomic E-state index is 0.0641. The van der Waals surface area contributed by atoms with Gasteiger partial charge in [-0.05, 0) is 55.3 Å². The predicted octanol–water partition coefficient (Wildman–Crippen LogP) is 4.69. The molecule has 0 spiro atoms. The molecule has 8 nitrogen and oxygen atoms in total. The zero-order chi connectivity index (χ0) is 22.3. The third-order valence-corrected chi connectivity index (χ3v) is 4.75. The summed E-state index contributed by atoms with van der Waals surface area (Å²) >= 11 is 0. The minimum Gasteiger partial charge on any atom is -0.494 e. The molecule has 8 heteroatoms. The normalized spacial score (nSPS) is 10.8. The van der Waals surface area contributed by atoms with Crippen LogP contribution in [0.5, 0.6) is 17.2 Å². The van der Waals surface area contributed by atoms with Gasteiger partial charge in [0.15, 0.2) is 17.3 Å². The third kappa shape index (κ3) is 4.97. The molecule has 0 radical (unpaired) electrons. The Hall–Kier alpha value is -4.07. The lowest BCUT2D eigenvalue weighted by Gasteiger charge is -2.13. The average molecular weight is 430 g/mol. The number of ether oxygens (including phenoxy) is 2. The highest BCUT2D eigenvalue weighted by Gasteiger charge is 2.15. The van der Waals surface area contributed by atoms with Gasteiger partial charge in [0.05, 0.1) is 12.1 Å². The Labute approximate surface area is 184 Å². The van der Waals surface area contributed by atoms with Crippen LogP contribution in [0.4, 0.5) is 0 Å². The summed E-state index contributed by atoms with van der Waals surface area (Å²) in [5, 5.41) is 9.54. The standard InChI is InChI=1S/C24H22N4O4/c1-2-16-6-9-21(23(28-16)24-26-11-4-12-27-24)32-20-10-13-25-19-8-7-17(15-18(19)20)31-14-3-5-22(29)30/h4,6-13,15H,2-3,5,14H2,1H3,(H,29,30). The first-order valence-corrected chi connectivity index (χ1v) is 10.3. The molecule has 0 aliphatic carbocycles. The van der Waals surface area contributed by atoms with Crippen molar-refractivity contribution < 1.29 is 19.4 Å². The van der Waals surface area contributed by atoms with E-state index in [0.29, 0.717) is 41.8 Å². The second kappa shape index (κ2) is 9.82. The van der Waals surface area contributed by atoms with Crippen LogP contribution in [-0.2, 0) is 11.2 Å². The van der Waals surface area contributed by atoms with E-state index in [4.69, 9.17) is 14.6 Å². The summed E-state index contributed by atoms with van der Waals surface area (Å²) < 4.78 is 12.0. The number of carboxylic acids is 1. The Morgan fingerprint density at radius 2 is 1.84 bits per heavy atom. The lowest BCUT2D eigenvalue weighted by atomic mass is 10.2. The van der Waals surface area contributed by atoms with Gasteiger partial charge in [0, 0.05) is 36.1 Å². The average Bonchev–Trinajstić information content (AvgIpc) is 2.83. The van der Waals surface area contributed by atoms with Crippen molar-refractivity contribution in [2.75, 3.05) is 6.61 Å². The molecule has 0 amide bonds. The maximum atomic E-state index is 10.7. The van der Waals surface area contributed by atoms with Crippen molar-refractivity contribution in [3.05, 3.63) is 66.7 Å². The second-order valence-electron chi connectivity index (χ2n) is 7.01. The van der Waals surface area contributed by atoms with E-state index in [1.54, 1.807) is 36.8 Å². The highest BCUT2D eigenvalue weighted by Crippen LogP contribution is 2.35. The molecule has 0 aliphatic heterocycles. The van der Waals surface area contributed by atoms with Gasteiger partial charge in [-0.1, -0.05) is 6.92 Å². The highest BCUT2D eigenvalue weighted by atomic mass is 16.5. The number of aryl methyl sites for hydroxylation is 1. The zero-order valence-electron chi connectivity index (χ0n) is 17.6. The van der Waals surface area contributed by atoms with Gasteiger partial charge < -0.3 is 14.6 Å². The van der Waals surface area contributed by atoms with Crippen LogP contribution in [0.2, 0.25) is 0 Å². The van der Waals surface area contributed by atoms with Crippen LogP contribution >= 0.6 is 0 Å². The molecule has 4 rings (SSSR count). The Morgan fingerprint density at radius 1 is 1.00 bits per heavy atom. The van der Waals surface area contributed by atoms with E-state index in [2.05, 4.69) is 19.9 Å². The predicted molar refractivity (Wildman–Crippen MR) is 119 cm³/mol. The molecule has 162 valence electrons. The molecular weight excluding hydrogens is 408 g/mol. The number of hydrogen-bond acceptors (Lipinski definition) is 7. The van der Waals surface area contributed by atoms with Crippen LogP contribution < -0.4 is 9.47 Å². The van der Waals surface area contributed by atoms with Crippen molar-refractivity contribution in [3.8, 4) is 28.8 Å². The van der Waals surface area contributed by atoms with Gasteiger partial charge in [-0.15, -0.1) is 0 Å².